The molecule has 2 nitrogen and oxygen atoms in total. The Hall–Kier alpha value is 0.390. The molecule has 1 aromatic rings. The van der Waals surface area contributed by atoms with Crippen molar-refractivity contribution in [2.45, 2.75) is 38.3 Å². The van der Waals surface area contributed by atoms with Gasteiger partial charge in [0.05, 0.1) is 0 Å². The van der Waals surface area contributed by atoms with Gasteiger partial charge in [0.15, 0.2) is 0 Å². The van der Waals surface area contributed by atoms with Gasteiger partial charge in [0, 0.05) is 21.9 Å². The normalized spacial score (nSPS) is 21.4. The van der Waals surface area contributed by atoms with Crippen molar-refractivity contribution < 1.29 is 0 Å². The maximum atomic E-state index is 6.11. The van der Waals surface area contributed by atoms with Crippen molar-refractivity contribution in [3.63, 3.8) is 0 Å². The van der Waals surface area contributed by atoms with E-state index in [0.717, 1.165) is 27.9 Å². The number of hydrogen-bond acceptors (Lipinski definition) is 3. The van der Waals surface area contributed by atoms with Crippen molar-refractivity contribution in [2.24, 2.45) is 0 Å². The molecule has 18 heavy (non-hydrogen) atoms. The summed E-state index contributed by atoms with van der Waals surface area (Å²) in [6.45, 7) is 3.38. The maximum absolute atomic E-state index is 6.11. The lowest BCUT2D eigenvalue weighted by Gasteiger charge is -2.35. The molecule has 1 aromatic heterocycles. The number of piperidine rings is 1. The molecule has 1 unspecified atom stereocenters. The minimum Gasteiger partial charge on any atom is -0.320 e. The van der Waals surface area contributed by atoms with Gasteiger partial charge >= 0.3 is 0 Å². The average Bonchev–Trinajstić information content (AvgIpc) is 2.67. The maximum Gasteiger partial charge on any atom is 0.107 e. The van der Waals surface area contributed by atoms with E-state index in [4.69, 9.17) is 11.6 Å². The van der Waals surface area contributed by atoms with Crippen molar-refractivity contribution in [3.8, 4) is 0 Å². The summed E-state index contributed by atoms with van der Waals surface area (Å²) in [5, 5.41) is 3.26. The molecule has 0 spiro atoms. The highest BCUT2D eigenvalue weighted by atomic mass is 79.9. The fraction of sp³-hybridized carbons (Fsp3) is 0.692. The van der Waals surface area contributed by atoms with Gasteiger partial charge in [-0.3, -0.25) is 4.90 Å². The lowest BCUT2D eigenvalue weighted by Crippen LogP contribution is -2.40. The molecular formula is C13H20BrClN2S. The van der Waals surface area contributed by atoms with Crippen LogP contribution in [0, 0.1) is 0 Å². The zero-order valence-electron chi connectivity index (χ0n) is 10.7. The van der Waals surface area contributed by atoms with E-state index in [0.29, 0.717) is 0 Å². The van der Waals surface area contributed by atoms with Crippen LogP contribution >= 0.6 is 38.9 Å². The number of nitrogens with one attached hydrogen (secondary N) is 1. The minimum absolute atomic E-state index is 0.728. The van der Waals surface area contributed by atoms with Gasteiger partial charge in [-0.2, -0.15) is 0 Å². The summed E-state index contributed by atoms with van der Waals surface area (Å²) in [5.41, 5.74) is 0. The van der Waals surface area contributed by atoms with Crippen molar-refractivity contribution in [1.82, 2.24) is 10.2 Å². The van der Waals surface area contributed by atoms with Gasteiger partial charge in [-0.25, -0.2) is 0 Å². The molecule has 1 aliphatic rings. The van der Waals surface area contributed by atoms with E-state index < -0.39 is 0 Å². The number of rotatable bonds is 5. The first-order valence-electron chi connectivity index (χ1n) is 6.53. The van der Waals surface area contributed by atoms with E-state index in [2.05, 4.69) is 32.2 Å². The van der Waals surface area contributed by atoms with Crippen LogP contribution in [0.1, 0.15) is 30.6 Å². The molecular weight excluding hydrogens is 332 g/mol. The standard InChI is InChI=1S/C13H20BrClN2S/c1-16-6-5-10-4-2-3-7-17(10)9-11-8-12(14)13(15)18-11/h8,10,16H,2-7,9H2,1H3. The molecule has 0 saturated carbocycles. The second kappa shape index (κ2) is 7.25. The van der Waals surface area contributed by atoms with Crippen LogP contribution in [0.3, 0.4) is 0 Å². The molecule has 1 N–H and O–H groups in total. The average molecular weight is 352 g/mol. The number of likely N-dealkylation sites (tertiary alicyclic amines) is 1. The molecule has 0 radical (unpaired) electrons. The van der Waals surface area contributed by atoms with Crippen LogP contribution in [0.15, 0.2) is 10.5 Å². The van der Waals surface area contributed by atoms with Crippen LogP contribution in [0.2, 0.25) is 4.34 Å². The van der Waals surface area contributed by atoms with Crippen molar-refractivity contribution in [1.29, 1.82) is 0 Å². The lowest BCUT2D eigenvalue weighted by molar-refractivity contribution is 0.134. The number of thiophene rings is 1. The molecule has 0 bridgehead atoms. The van der Waals surface area contributed by atoms with Crippen LogP contribution in [-0.4, -0.2) is 31.1 Å². The Bertz CT molecular complexity index is 364. The van der Waals surface area contributed by atoms with Crippen LogP contribution < -0.4 is 5.32 Å². The van der Waals surface area contributed by atoms with Crippen molar-refractivity contribution >= 4 is 38.9 Å². The van der Waals surface area contributed by atoms with E-state index in [1.807, 2.05) is 7.05 Å². The molecule has 1 saturated heterocycles. The van der Waals surface area contributed by atoms with Gasteiger partial charge in [-0.05, 0) is 61.4 Å². The Balaban J connectivity index is 1.96. The first-order valence-corrected chi connectivity index (χ1v) is 8.52. The second-order valence-electron chi connectivity index (χ2n) is 4.85. The second-order valence-corrected chi connectivity index (χ2v) is 7.44. The van der Waals surface area contributed by atoms with E-state index in [1.54, 1.807) is 11.3 Å². The summed E-state index contributed by atoms with van der Waals surface area (Å²) in [7, 11) is 2.03. The summed E-state index contributed by atoms with van der Waals surface area (Å²) in [6.07, 6.45) is 5.29. The fourth-order valence-electron chi connectivity index (χ4n) is 2.58. The first-order chi connectivity index (χ1) is 8.70. The first kappa shape index (κ1) is 14.8. The summed E-state index contributed by atoms with van der Waals surface area (Å²) in [6, 6.07) is 2.89. The number of hydrogen-bond donors (Lipinski definition) is 1. The summed E-state index contributed by atoms with van der Waals surface area (Å²) >= 11 is 11.3. The predicted molar refractivity (Wildman–Crippen MR) is 83.6 cm³/mol. The van der Waals surface area contributed by atoms with Gasteiger partial charge < -0.3 is 5.32 Å². The van der Waals surface area contributed by atoms with E-state index in [-0.39, 0.29) is 0 Å². The molecule has 2 rings (SSSR count). The van der Waals surface area contributed by atoms with Crippen LogP contribution in [0.25, 0.3) is 0 Å². The highest BCUT2D eigenvalue weighted by Crippen LogP contribution is 2.33. The van der Waals surface area contributed by atoms with Crippen molar-refractivity contribution in [2.75, 3.05) is 20.1 Å². The van der Waals surface area contributed by atoms with Gasteiger partial charge in [-0.15, -0.1) is 11.3 Å². The van der Waals surface area contributed by atoms with Crippen LogP contribution in [0.5, 0.6) is 0 Å². The molecule has 2 heterocycles. The fourth-order valence-corrected chi connectivity index (χ4v) is 4.39. The van der Waals surface area contributed by atoms with E-state index in [9.17, 15) is 0 Å². The van der Waals surface area contributed by atoms with Gasteiger partial charge in [0.2, 0.25) is 0 Å². The molecule has 0 aromatic carbocycles. The third-order valence-corrected chi connectivity index (χ3v) is 5.99. The van der Waals surface area contributed by atoms with E-state index >= 15 is 0 Å². The Labute approximate surface area is 127 Å². The topological polar surface area (TPSA) is 15.3 Å². The number of halogens is 2. The molecule has 1 fully saturated rings. The minimum atomic E-state index is 0.728. The molecule has 0 aliphatic carbocycles. The van der Waals surface area contributed by atoms with Gasteiger partial charge in [0.1, 0.15) is 4.34 Å². The van der Waals surface area contributed by atoms with Crippen LogP contribution in [0.4, 0.5) is 0 Å². The summed E-state index contributed by atoms with van der Waals surface area (Å²) < 4.78 is 1.90. The van der Waals surface area contributed by atoms with Gasteiger partial charge in [0.25, 0.3) is 0 Å². The quantitative estimate of drug-likeness (QED) is 0.858. The number of nitrogens with zero attached hydrogens (tertiary/aromatic N) is 1. The zero-order chi connectivity index (χ0) is 13.0. The Morgan fingerprint density at radius 1 is 1.56 bits per heavy atom. The third kappa shape index (κ3) is 3.94. The summed E-state index contributed by atoms with van der Waals surface area (Å²) in [4.78, 5) is 3.98. The van der Waals surface area contributed by atoms with Gasteiger partial charge in [-0.1, -0.05) is 18.0 Å². The third-order valence-electron chi connectivity index (χ3n) is 3.53. The molecule has 102 valence electrons. The zero-order valence-corrected chi connectivity index (χ0v) is 13.9. The molecule has 1 atom stereocenters. The Morgan fingerprint density at radius 3 is 3.06 bits per heavy atom. The van der Waals surface area contributed by atoms with E-state index in [1.165, 1.54) is 37.1 Å². The predicted octanol–water partition coefficient (Wildman–Crippen LogP) is 4.13. The molecule has 0 amide bonds. The monoisotopic (exact) mass is 350 g/mol. The van der Waals surface area contributed by atoms with Crippen molar-refractivity contribution in [3.05, 3.63) is 19.8 Å². The highest BCUT2D eigenvalue weighted by molar-refractivity contribution is 9.10. The summed E-state index contributed by atoms with van der Waals surface area (Å²) in [5.74, 6) is 0. The highest BCUT2D eigenvalue weighted by Gasteiger charge is 2.22. The Kier molecular flexibility index (Phi) is 5.96. The van der Waals surface area contributed by atoms with Crippen LogP contribution in [-0.2, 0) is 6.54 Å². The lowest BCUT2D eigenvalue weighted by atomic mass is 9.99. The Morgan fingerprint density at radius 2 is 2.39 bits per heavy atom. The smallest absolute Gasteiger partial charge is 0.107 e. The largest absolute Gasteiger partial charge is 0.320 e. The SMILES string of the molecule is CNCCC1CCCCN1Cc1cc(Br)c(Cl)s1. The molecule has 5 heteroatoms. The molecule has 1 aliphatic heterocycles.